The molecule has 2 nitrogen and oxygen atoms in total. The Morgan fingerprint density at radius 2 is 1.59 bits per heavy atom. The molecule has 0 atom stereocenters. The summed E-state index contributed by atoms with van der Waals surface area (Å²) in [5.74, 6) is -0.126. The standard InChI is InChI=1S/C19H20BrNO/c1-3-15-11-8-12-16(4-2)18(15)21-19(22)17(20)13-14-9-6-5-7-10-14/h5-13H,3-4H2,1-2H3,(H,21,22)/b17-13-. The summed E-state index contributed by atoms with van der Waals surface area (Å²) >= 11 is 3.38. The molecule has 2 aromatic carbocycles. The van der Waals surface area contributed by atoms with Gasteiger partial charge in [0, 0.05) is 5.69 Å². The lowest BCUT2D eigenvalue weighted by atomic mass is 10.0. The molecule has 0 radical (unpaired) electrons. The minimum absolute atomic E-state index is 0.126. The fraction of sp³-hybridized carbons (Fsp3) is 0.211. The molecular formula is C19H20BrNO. The SMILES string of the molecule is CCc1cccc(CC)c1NC(=O)/C(Br)=C/c1ccccc1. The second kappa shape index (κ2) is 7.95. The Balaban J connectivity index is 2.24. The molecular weight excluding hydrogens is 338 g/mol. The molecule has 22 heavy (non-hydrogen) atoms. The van der Waals surface area contributed by atoms with Crippen LogP contribution >= 0.6 is 15.9 Å². The van der Waals surface area contributed by atoms with E-state index in [2.05, 4.69) is 47.2 Å². The topological polar surface area (TPSA) is 29.1 Å². The molecule has 2 rings (SSSR count). The molecule has 0 saturated carbocycles. The first-order valence-corrected chi connectivity index (χ1v) is 8.29. The Labute approximate surface area is 140 Å². The number of para-hydroxylation sites is 1. The summed E-state index contributed by atoms with van der Waals surface area (Å²) in [7, 11) is 0. The number of hydrogen-bond acceptors (Lipinski definition) is 1. The zero-order valence-electron chi connectivity index (χ0n) is 12.9. The summed E-state index contributed by atoms with van der Waals surface area (Å²) in [6, 6.07) is 15.9. The molecule has 0 saturated heterocycles. The maximum atomic E-state index is 12.4. The van der Waals surface area contributed by atoms with E-state index in [0.717, 1.165) is 35.2 Å². The van der Waals surface area contributed by atoms with Crippen molar-refractivity contribution in [3.63, 3.8) is 0 Å². The van der Waals surface area contributed by atoms with Gasteiger partial charge in [-0.05, 0) is 51.5 Å². The first-order valence-electron chi connectivity index (χ1n) is 7.50. The van der Waals surface area contributed by atoms with E-state index >= 15 is 0 Å². The summed E-state index contributed by atoms with van der Waals surface area (Å²) in [5.41, 5.74) is 4.25. The number of aryl methyl sites for hydroxylation is 2. The number of carbonyl (C=O) groups is 1. The number of carbonyl (C=O) groups excluding carboxylic acids is 1. The normalized spacial score (nSPS) is 11.3. The average molecular weight is 358 g/mol. The molecule has 2 aromatic rings. The van der Waals surface area contributed by atoms with Crippen molar-refractivity contribution in [3.8, 4) is 0 Å². The Hall–Kier alpha value is -1.87. The lowest BCUT2D eigenvalue weighted by Gasteiger charge is -2.14. The summed E-state index contributed by atoms with van der Waals surface area (Å²) in [5, 5.41) is 3.05. The van der Waals surface area contributed by atoms with E-state index in [4.69, 9.17) is 0 Å². The molecule has 0 spiro atoms. The third-order valence-corrected chi connectivity index (χ3v) is 4.14. The van der Waals surface area contributed by atoms with Crippen LogP contribution in [0.1, 0.15) is 30.5 Å². The summed E-state index contributed by atoms with van der Waals surface area (Å²) in [6.07, 6.45) is 3.61. The maximum absolute atomic E-state index is 12.4. The fourth-order valence-electron chi connectivity index (χ4n) is 2.34. The molecule has 0 heterocycles. The number of anilines is 1. The van der Waals surface area contributed by atoms with Crippen LogP contribution < -0.4 is 5.32 Å². The van der Waals surface area contributed by atoms with Crippen molar-refractivity contribution in [1.82, 2.24) is 0 Å². The first kappa shape index (κ1) is 16.5. The maximum Gasteiger partial charge on any atom is 0.262 e. The van der Waals surface area contributed by atoms with Gasteiger partial charge in [0.05, 0.1) is 4.48 Å². The smallest absolute Gasteiger partial charge is 0.262 e. The van der Waals surface area contributed by atoms with Gasteiger partial charge in [0.25, 0.3) is 5.91 Å². The highest BCUT2D eigenvalue weighted by Gasteiger charge is 2.12. The van der Waals surface area contributed by atoms with E-state index in [1.54, 1.807) is 0 Å². The lowest BCUT2D eigenvalue weighted by molar-refractivity contribution is -0.112. The number of halogens is 1. The van der Waals surface area contributed by atoms with E-state index < -0.39 is 0 Å². The summed E-state index contributed by atoms with van der Waals surface area (Å²) < 4.78 is 0.520. The highest BCUT2D eigenvalue weighted by atomic mass is 79.9. The summed E-state index contributed by atoms with van der Waals surface area (Å²) in [4.78, 5) is 12.4. The molecule has 114 valence electrons. The Kier molecular flexibility index (Phi) is 5.96. The van der Waals surface area contributed by atoms with Gasteiger partial charge in [-0.15, -0.1) is 0 Å². The van der Waals surface area contributed by atoms with Crippen molar-refractivity contribution >= 4 is 33.6 Å². The van der Waals surface area contributed by atoms with Crippen molar-refractivity contribution in [3.05, 3.63) is 69.7 Å². The largest absolute Gasteiger partial charge is 0.321 e. The van der Waals surface area contributed by atoms with Gasteiger partial charge >= 0.3 is 0 Å². The van der Waals surface area contributed by atoms with E-state index in [1.165, 1.54) is 0 Å². The number of rotatable bonds is 5. The Morgan fingerprint density at radius 3 is 2.14 bits per heavy atom. The van der Waals surface area contributed by atoms with Crippen molar-refractivity contribution < 1.29 is 4.79 Å². The van der Waals surface area contributed by atoms with Crippen LogP contribution in [0.3, 0.4) is 0 Å². The lowest BCUT2D eigenvalue weighted by Crippen LogP contribution is -2.14. The number of amides is 1. The van der Waals surface area contributed by atoms with E-state index in [1.807, 2.05) is 42.5 Å². The predicted molar refractivity (Wildman–Crippen MR) is 97.2 cm³/mol. The summed E-state index contributed by atoms with van der Waals surface area (Å²) in [6.45, 7) is 4.19. The van der Waals surface area contributed by atoms with Gasteiger partial charge in [0.1, 0.15) is 0 Å². The molecule has 0 aliphatic rings. The van der Waals surface area contributed by atoms with Crippen LogP contribution in [0.25, 0.3) is 6.08 Å². The van der Waals surface area contributed by atoms with Crippen LogP contribution in [0.15, 0.2) is 53.0 Å². The monoisotopic (exact) mass is 357 g/mol. The van der Waals surface area contributed by atoms with E-state index in [-0.39, 0.29) is 5.91 Å². The quantitative estimate of drug-likeness (QED) is 0.733. The van der Waals surface area contributed by atoms with Crippen molar-refractivity contribution in [2.75, 3.05) is 5.32 Å². The van der Waals surface area contributed by atoms with Crippen LogP contribution in [0.4, 0.5) is 5.69 Å². The van der Waals surface area contributed by atoms with Gasteiger partial charge in [-0.3, -0.25) is 4.79 Å². The van der Waals surface area contributed by atoms with Gasteiger partial charge in [0.15, 0.2) is 0 Å². The van der Waals surface area contributed by atoms with Crippen LogP contribution in [0.5, 0.6) is 0 Å². The zero-order valence-corrected chi connectivity index (χ0v) is 14.5. The third-order valence-electron chi connectivity index (χ3n) is 3.55. The van der Waals surface area contributed by atoms with Gasteiger partial charge in [-0.1, -0.05) is 62.4 Å². The Morgan fingerprint density at radius 1 is 1.00 bits per heavy atom. The molecule has 0 unspecified atom stereocenters. The van der Waals surface area contributed by atoms with Gasteiger partial charge < -0.3 is 5.32 Å². The molecule has 1 N–H and O–H groups in total. The predicted octanol–water partition coefficient (Wildman–Crippen LogP) is 5.19. The van der Waals surface area contributed by atoms with Crippen molar-refractivity contribution in [2.45, 2.75) is 26.7 Å². The number of benzene rings is 2. The van der Waals surface area contributed by atoms with E-state index in [0.29, 0.717) is 4.48 Å². The minimum Gasteiger partial charge on any atom is -0.321 e. The second-order valence-electron chi connectivity index (χ2n) is 5.02. The minimum atomic E-state index is -0.126. The Bertz CT molecular complexity index is 655. The first-order chi connectivity index (χ1) is 10.7. The molecule has 3 heteroatoms. The fourth-order valence-corrected chi connectivity index (χ4v) is 2.70. The number of hydrogen-bond donors (Lipinski definition) is 1. The second-order valence-corrected chi connectivity index (χ2v) is 5.87. The van der Waals surface area contributed by atoms with Gasteiger partial charge in [-0.2, -0.15) is 0 Å². The van der Waals surface area contributed by atoms with Crippen LogP contribution in [-0.2, 0) is 17.6 Å². The van der Waals surface area contributed by atoms with Crippen molar-refractivity contribution in [2.24, 2.45) is 0 Å². The molecule has 0 aliphatic heterocycles. The zero-order chi connectivity index (χ0) is 15.9. The highest BCUT2D eigenvalue weighted by Crippen LogP contribution is 2.24. The molecule has 0 aliphatic carbocycles. The molecule has 0 fully saturated rings. The molecule has 0 aromatic heterocycles. The van der Waals surface area contributed by atoms with Crippen LogP contribution in [-0.4, -0.2) is 5.91 Å². The molecule has 1 amide bonds. The third kappa shape index (κ3) is 4.08. The van der Waals surface area contributed by atoms with Crippen molar-refractivity contribution in [1.29, 1.82) is 0 Å². The average Bonchev–Trinajstić information content (AvgIpc) is 2.55. The van der Waals surface area contributed by atoms with Crippen LogP contribution in [0, 0.1) is 0 Å². The van der Waals surface area contributed by atoms with Gasteiger partial charge in [-0.25, -0.2) is 0 Å². The highest BCUT2D eigenvalue weighted by molar-refractivity contribution is 9.12. The molecule has 0 bridgehead atoms. The number of nitrogens with one attached hydrogen (secondary N) is 1. The van der Waals surface area contributed by atoms with Crippen LogP contribution in [0.2, 0.25) is 0 Å². The van der Waals surface area contributed by atoms with E-state index in [9.17, 15) is 4.79 Å². The van der Waals surface area contributed by atoms with Gasteiger partial charge in [0.2, 0.25) is 0 Å².